The third kappa shape index (κ3) is 3.05. The summed E-state index contributed by atoms with van der Waals surface area (Å²) < 4.78 is 14.8. The number of benzene rings is 1. The van der Waals surface area contributed by atoms with Gasteiger partial charge in [0.15, 0.2) is 0 Å². The van der Waals surface area contributed by atoms with Crippen LogP contribution in [0.15, 0.2) is 30.6 Å². The molecule has 2 N–H and O–H groups in total. The van der Waals surface area contributed by atoms with Crippen LogP contribution in [0.3, 0.4) is 0 Å². The number of aromatic nitrogens is 2. The first-order valence-corrected chi connectivity index (χ1v) is 6.26. The summed E-state index contributed by atoms with van der Waals surface area (Å²) in [5.41, 5.74) is 1.52. The van der Waals surface area contributed by atoms with Crippen LogP contribution in [0.25, 0.3) is 0 Å². The second-order valence-electron chi connectivity index (χ2n) is 4.87. The lowest BCUT2D eigenvalue weighted by molar-refractivity contribution is 0.459. The molecular weight excluding hydrogens is 245 g/mol. The predicted octanol–water partition coefficient (Wildman–Crippen LogP) is 3.48. The second kappa shape index (κ2) is 5.30. The molecule has 0 spiro atoms. The van der Waals surface area contributed by atoms with Crippen molar-refractivity contribution >= 4 is 5.69 Å². The van der Waals surface area contributed by atoms with Crippen molar-refractivity contribution in [1.82, 2.24) is 9.78 Å². The van der Waals surface area contributed by atoms with Gasteiger partial charge in [0.2, 0.25) is 0 Å². The highest BCUT2D eigenvalue weighted by Gasteiger charge is 2.12. The average molecular weight is 263 g/mol. The van der Waals surface area contributed by atoms with Crippen LogP contribution in [-0.4, -0.2) is 14.9 Å². The summed E-state index contributed by atoms with van der Waals surface area (Å²) in [6.07, 6.45) is 3.64. The summed E-state index contributed by atoms with van der Waals surface area (Å²) >= 11 is 0. The molecule has 1 aromatic carbocycles. The fourth-order valence-electron chi connectivity index (χ4n) is 1.91. The summed E-state index contributed by atoms with van der Waals surface area (Å²) in [6.45, 7) is 6.00. The molecule has 1 unspecified atom stereocenters. The average Bonchev–Trinajstić information content (AvgIpc) is 2.77. The minimum atomic E-state index is -0.443. The van der Waals surface area contributed by atoms with Gasteiger partial charge in [0, 0.05) is 23.9 Å². The Balaban J connectivity index is 2.13. The standard InChI is InChI=1S/C14H18FN3O/c1-9(2)18-8-12(7-16-18)17-10(3)13-5-4-11(15)6-14(13)19/h4-10,17,19H,1-3H3. The van der Waals surface area contributed by atoms with Crippen LogP contribution in [0.4, 0.5) is 10.1 Å². The molecule has 102 valence electrons. The Morgan fingerprint density at radius 3 is 2.63 bits per heavy atom. The van der Waals surface area contributed by atoms with Gasteiger partial charge in [-0.2, -0.15) is 5.10 Å². The van der Waals surface area contributed by atoms with Crippen LogP contribution in [0.5, 0.6) is 5.75 Å². The smallest absolute Gasteiger partial charge is 0.126 e. The van der Waals surface area contributed by atoms with Gasteiger partial charge in [-0.3, -0.25) is 4.68 Å². The molecule has 1 heterocycles. The largest absolute Gasteiger partial charge is 0.507 e. The number of aromatic hydroxyl groups is 1. The minimum absolute atomic E-state index is 0.0451. The van der Waals surface area contributed by atoms with E-state index in [9.17, 15) is 9.50 Å². The van der Waals surface area contributed by atoms with Gasteiger partial charge in [0.1, 0.15) is 11.6 Å². The molecule has 0 aliphatic carbocycles. The van der Waals surface area contributed by atoms with E-state index in [1.165, 1.54) is 6.07 Å². The predicted molar refractivity (Wildman–Crippen MR) is 72.7 cm³/mol. The second-order valence-corrected chi connectivity index (χ2v) is 4.87. The number of hydrogen-bond donors (Lipinski definition) is 2. The fraction of sp³-hybridized carbons (Fsp3) is 0.357. The third-order valence-electron chi connectivity index (χ3n) is 2.97. The molecule has 19 heavy (non-hydrogen) atoms. The Labute approximate surface area is 111 Å². The number of halogens is 1. The Bertz CT molecular complexity index is 566. The van der Waals surface area contributed by atoms with Crippen LogP contribution in [0.1, 0.15) is 38.4 Å². The number of phenolic OH excluding ortho intramolecular Hbond substituents is 1. The van der Waals surface area contributed by atoms with Gasteiger partial charge in [-0.05, 0) is 26.8 Å². The van der Waals surface area contributed by atoms with E-state index in [0.717, 1.165) is 11.8 Å². The van der Waals surface area contributed by atoms with Crippen molar-refractivity contribution in [3.05, 3.63) is 42.0 Å². The first-order chi connectivity index (χ1) is 8.97. The van der Waals surface area contributed by atoms with Gasteiger partial charge in [-0.25, -0.2) is 4.39 Å². The normalized spacial score (nSPS) is 12.7. The van der Waals surface area contributed by atoms with Crippen molar-refractivity contribution in [2.24, 2.45) is 0 Å². The van der Waals surface area contributed by atoms with Crippen molar-refractivity contribution < 1.29 is 9.50 Å². The van der Waals surface area contributed by atoms with Crippen molar-refractivity contribution in [3.63, 3.8) is 0 Å². The molecule has 2 aromatic rings. The number of nitrogens with zero attached hydrogens (tertiary/aromatic N) is 2. The molecule has 1 aromatic heterocycles. The van der Waals surface area contributed by atoms with E-state index >= 15 is 0 Å². The zero-order valence-electron chi connectivity index (χ0n) is 11.3. The van der Waals surface area contributed by atoms with Gasteiger partial charge in [0.25, 0.3) is 0 Å². The maximum atomic E-state index is 12.9. The number of anilines is 1. The molecule has 5 heteroatoms. The summed E-state index contributed by atoms with van der Waals surface area (Å²) in [7, 11) is 0. The van der Waals surface area contributed by atoms with Crippen LogP contribution in [0.2, 0.25) is 0 Å². The minimum Gasteiger partial charge on any atom is -0.507 e. The van der Waals surface area contributed by atoms with Crippen molar-refractivity contribution in [1.29, 1.82) is 0 Å². The summed E-state index contributed by atoms with van der Waals surface area (Å²) in [5.74, 6) is -0.489. The Kier molecular flexibility index (Phi) is 3.74. The lowest BCUT2D eigenvalue weighted by atomic mass is 10.1. The highest BCUT2D eigenvalue weighted by molar-refractivity contribution is 5.44. The Morgan fingerprint density at radius 2 is 2.05 bits per heavy atom. The van der Waals surface area contributed by atoms with Gasteiger partial charge >= 0.3 is 0 Å². The highest BCUT2D eigenvalue weighted by atomic mass is 19.1. The summed E-state index contributed by atoms with van der Waals surface area (Å²) in [5, 5.41) is 17.2. The van der Waals surface area contributed by atoms with E-state index in [4.69, 9.17) is 0 Å². The Morgan fingerprint density at radius 1 is 1.32 bits per heavy atom. The lowest BCUT2D eigenvalue weighted by Gasteiger charge is -2.15. The monoisotopic (exact) mass is 263 g/mol. The number of rotatable bonds is 4. The zero-order chi connectivity index (χ0) is 14.0. The molecule has 0 bridgehead atoms. The van der Waals surface area contributed by atoms with E-state index in [1.54, 1.807) is 12.3 Å². The Hall–Kier alpha value is -2.04. The van der Waals surface area contributed by atoms with Crippen molar-refractivity contribution in [3.8, 4) is 5.75 Å². The van der Waals surface area contributed by atoms with E-state index in [2.05, 4.69) is 10.4 Å². The van der Waals surface area contributed by atoms with E-state index in [-0.39, 0.29) is 11.8 Å². The van der Waals surface area contributed by atoms with Crippen LogP contribution in [-0.2, 0) is 0 Å². The molecule has 0 aliphatic rings. The van der Waals surface area contributed by atoms with E-state index < -0.39 is 5.82 Å². The zero-order valence-corrected chi connectivity index (χ0v) is 11.3. The van der Waals surface area contributed by atoms with Gasteiger partial charge < -0.3 is 10.4 Å². The maximum absolute atomic E-state index is 12.9. The maximum Gasteiger partial charge on any atom is 0.126 e. The topological polar surface area (TPSA) is 50.1 Å². The molecule has 4 nitrogen and oxygen atoms in total. The van der Waals surface area contributed by atoms with Crippen LogP contribution < -0.4 is 5.32 Å². The van der Waals surface area contributed by atoms with E-state index in [0.29, 0.717) is 11.6 Å². The van der Waals surface area contributed by atoms with Crippen LogP contribution in [0, 0.1) is 5.82 Å². The lowest BCUT2D eigenvalue weighted by Crippen LogP contribution is -2.06. The third-order valence-corrected chi connectivity index (χ3v) is 2.97. The van der Waals surface area contributed by atoms with Crippen LogP contribution >= 0.6 is 0 Å². The molecule has 0 amide bonds. The molecule has 1 atom stereocenters. The highest BCUT2D eigenvalue weighted by Crippen LogP contribution is 2.27. The molecule has 0 saturated heterocycles. The van der Waals surface area contributed by atoms with E-state index in [1.807, 2.05) is 31.6 Å². The first kappa shape index (κ1) is 13.4. The molecule has 0 radical (unpaired) electrons. The van der Waals surface area contributed by atoms with Crippen molar-refractivity contribution in [2.45, 2.75) is 32.9 Å². The van der Waals surface area contributed by atoms with Gasteiger partial charge in [0.05, 0.1) is 17.9 Å². The number of phenols is 1. The summed E-state index contributed by atoms with van der Waals surface area (Å²) in [4.78, 5) is 0. The molecule has 0 saturated carbocycles. The number of hydrogen-bond acceptors (Lipinski definition) is 3. The molecule has 2 rings (SSSR count). The number of nitrogens with one attached hydrogen (secondary N) is 1. The fourth-order valence-corrected chi connectivity index (χ4v) is 1.91. The van der Waals surface area contributed by atoms with Crippen molar-refractivity contribution in [2.75, 3.05) is 5.32 Å². The first-order valence-electron chi connectivity index (χ1n) is 6.26. The molecule has 0 fully saturated rings. The van der Waals surface area contributed by atoms with Gasteiger partial charge in [-0.1, -0.05) is 6.07 Å². The SMILES string of the molecule is CC(Nc1cnn(C(C)C)c1)c1ccc(F)cc1O. The van der Waals surface area contributed by atoms with Gasteiger partial charge in [-0.15, -0.1) is 0 Å². The quantitative estimate of drug-likeness (QED) is 0.887. The summed E-state index contributed by atoms with van der Waals surface area (Å²) in [6, 6.07) is 4.20. The molecular formula is C14H18FN3O. The molecule has 0 aliphatic heterocycles.